The molecule has 2 aromatic heterocycles. The first kappa shape index (κ1) is 11.5. The maximum atomic E-state index is 13.2. The van der Waals surface area contributed by atoms with Gasteiger partial charge in [0.25, 0.3) is 0 Å². The highest BCUT2D eigenvalue weighted by atomic mass is 79.9. The van der Waals surface area contributed by atoms with Crippen molar-refractivity contribution < 1.29 is 13.2 Å². The molecule has 0 saturated carbocycles. The molecule has 2 heterocycles. The lowest BCUT2D eigenvalue weighted by molar-refractivity contribution is 0.480. The van der Waals surface area contributed by atoms with Crippen LogP contribution in [0.25, 0.3) is 11.1 Å². The molecule has 0 fully saturated rings. The van der Waals surface area contributed by atoms with Crippen LogP contribution in [0.4, 0.5) is 4.39 Å². The third-order valence-corrected chi connectivity index (χ3v) is 3.21. The van der Waals surface area contributed by atoms with Crippen molar-refractivity contribution >= 4 is 27.0 Å². The summed E-state index contributed by atoms with van der Waals surface area (Å²) >= 11 is 3.26. The van der Waals surface area contributed by atoms with Crippen LogP contribution in [0.1, 0.15) is 11.7 Å². The van der Waals surface area contributed by atoms with E-state index in [1.807, 2.05) is 12.1 Å². The molecule has 5 heteroatoms. The van der Waals surface area contributed by atoms with E-state index in [4.69, 9.17) is 8.83 Å². The molecule has 0 aliphatic carbocycles. The van der Waals surface area contributed by atoms with Crippen LogP contribution in [0.15, 0.2) is 43.8 Å². The highest BCUT2D eigenvalue weighted by molar-refractivity contribution is 9.10. The number of rotatable bonds is 3. The van der Waals surface area contributed by atoms with Crippen molar-refractivity contribution in [2.45, 2.75) is 12.8 Å². The third kappa shape index (κ3) is 2.18. The van der Waals surface area contributed by atoms with Crippen molar-refractivity contribution in [1.29, 1.82) is 0 Å². The number of hydrogen-bond acceptors (Lipinski definition) is 3. The lowest BCUT2D eigenvalue weighted by Gasteiger charge is -1.92. The Bertz CT molecular complexity index is 676. The third-order valence-electron chi connectivity index (χ3n) is 2.62. The van der Waals surface area contributed by atoms with E-state index in [9.17, 15) is 4.39 Å². The van der Waals surface area contributed by atoms with Crippen molar-refractivity contribution in [3.8, 4) is 0 Å². The fourth-order valence-corrected chi connectivity index (χ4v) is 2.30. The molecular formula is C13H9BrFNO2. The van der Waals surface area contributed by atoms with Gasteiger partial charge in [-0.2, -0.15) is 0 Å². The Labute approximate surface area is 111 Å². The van der Waals surface area contributed by atoms with E-state index in [1.54, 1.807) is 6.26 Å². The molecule has 0 unspecified atom stereocenters. The van der Waals surface area contributed by atoms with Crippen molar-refractivity contribution in [2.24, 2.45) is 0 Å². The molecule has 0 amide bonds. The number of benzene rings is 1. The van der Waals surface area contributed by atoms with Crippen LogP contribution in [0.5, 0.6) is 0 Å². The molecule has 3 rings (SSSR count). The van der Waals surface area contributed by atoms with Gasteiger partial charge in [-0.15, -0.1) is 0 Å². The molecule has 0 radical (unpaired) electrons. The fourth-order valence-electron chi connectivity index (χ4n) is 1.80. The maximum absolute atomic E-state index is 13.2. The monoisotopic (exact) mass is 309 g/mol. The van der Waals surface area contributed by atoms with E-state index >= 15 is 0 Å². The van der Waals surface area contributed by atoms with E-state index in [-0.39, 0.29) is 5.82 Å². The number of halogens is 2. The van der Waals surface area contributed by atoms with Crippen molar-refractivity contribution in [2.75, 3.05) is 0 Å². The molecule has 0 aliphatic rings. The van der Waals surface area contributed by atoms with Gasteiger partial charge < -0.3 is 8.83 Å². The summed E-state index contributed by atoms with van der Waals surface area (Å²) < 4.78 is 24.6. The minimum atomic E-state index is -0.333. The summed E-state index contributed by atoms with van der Waals surface area (Å²) in [4.78, 5) is 4.26. The van der Waals surface area contributed by atoms with Gasteiger partial charge in [-0.05, 0) is 34.1 Å². The lowest BCUT2D eigenvalue weighted by Crippen LogP contribution is -1.89. The summed E-state index contributed by atoms with van der Waals surface area (Å²) in [5.41, 5.74) is 1.10. The summed E-state index contributed by atoms with van der Waals surface area (Å²) in [5, 5.41) is 0. The average Bonchev–Trinajstić information content (AvgIpc) is 2.93. The normalized spacial score (nSPS) is 11.2. The van der Waals surface area contributed by atoms with Crippen LogP contribution in [-0.2, 0) is 12.8 Å². The summed E-state index contributed by atoms with van der Waals surface area (Å²) in [6.07, 6.45) is 2.96. The van der Waals surface area contributed by atoms with Gasteiger partial charge in [0, 0.05) is 18.9 Å². The van der Waals surface area contributed by atoms with E-state index < -0.39 is 0 Å². The highest BCUT2D eigenvalue weighted by Gasteiger charge is 2.11. The largest absolute Gasteiger partial charge is 0.469 e. The number of fused-ring (bicyclic) bond motifs is 1. The first-order valence-electron chi connectivity index (χ1n) is 5.49. The van der Waals surface area contributed by atoms with Crippen LogP contribution in [0.2, 0.25) is 0 Å². The van der Waals surface area contributed by atoms with Crippen molar-refractivity contribution in [1.82, 2.24) is 4.98 Å². The van der Waals surface area contributed by atoms with Crippen molar-refractivity contribution in [3.05, 3.63) is 52.5 Å². The molecule has 92 valence electrons. The second kappa shape index (κ2) is 4.57. The van der Waals surface area contributed by atoms with Gasteiger partial charge in [-0.25, -0.2) is 9.37 Å². The fraction of sp³-hybridized carbons (Fsp3) is 0.154. The molecule has 0 atom stereocenters. The second-order valence-corrected chi connectivity index (χ2v) is 4.78. The Morgan fingerprint density at radius 1 is 1.28 bits per heavy atom. The van der Waals surface area contributed by atoms with Crippen LogP contribution in [0, 0.1) is 5.82 Å². The maximum Gasteiger partial charge on any atom is 0.195 e. The van der Waals surface area contributed by atoms with E-state index in [2.05, 4.69) is 20.9 Å². The average molecular weight is 310 g/mol. The van der Waals surface area contributed by atoms with Crippen LogP contribution >= 0.6 is 15.9 Å². The van der Waals surface area contributed by atoms with Crippen LogP contribution < -0.4 is 0 Å². The Morgan fingerprint density at radius 2 is 2.17 bits per heavy atom. The zero-order chi connectivity index (χ0) is 12.5. The lowest BCUT2D eigenvalue weighted by atomic mass is 10.2. The van der Waals surface area contributed by atoms with Crippen LogP contribution in [-0.4, -0.2) is 4.98 Å². The number of nitrogens with zero attached hydrogens (tertiary/aromatic N) is 1. The number of oxazole rings is 1. The van der Waals surface area contributed by atoms with E-state index in [0.29, 0.717) is 34.3 Å². The first-order chi connectivity index (χ1) is 8.72. The van der Waals surface area contributed by atoms with Gasteiger partial charge in [0.1, 0.15) is 17.1 Å². The molecule has 0 bridgehead atoms. The Morgan fingerprint density at radius 3 is 2.94 bits per heavy atom. The molecule has 18 heavy (non-hydrogen) atoms. The minimum Gasteiger partial charge on any atom is -0.469 e. The molecule has 0 aliphatic heterocycles. The number of hydrogen-bond donors (Lipinski definition) is 0. The predicted octanol–water partition coefficient (Wildman–Crippen LogP) is 4.11. The minimum absolute atomic E-state index is 0.333. The standard InChI is InChI=1S/C13H9BrFNO2/c14-10-6-8(15)7-11-13(10)18-12(16-11)4-3-9-2-1-5-17-9/h1-2,5-7H,3-4H2. The quantitative estimate of drug-likeness (QED) is 0.731. The van der Waals surface area contributed by atoms with E-state index in [0.717, 1.165) is 5.76 Å². The van der Waals surface area contributed by atoms with Gasteiger partial charge in [-0.1, -0.05) is 0 Å². The smallest absolute Gasteiger partial charge is 0.195 e. The molecule has 1 aromatic carbocycles. The van der Waals surface area contributed by atoms with Gasteiger partial charge in [0.2, 0.25) is 0 Å². The van der Waals surface area contributed by atoms with Crippen molar-refractivity contribution in [3.63, 3.8) is 0 Å². The predicted molar refractivity (Wildman–Crippen MR) is 67.8 cm³/mol. The number of aryl methyl sites for hydroxylation is 2. The number of furan rings is 1. The Hall–Kier alpha value is -1.62. The second-order valence-electron chi connectivity index (χ2n) is 3.92. The topological polar surface area (TPSA) is 39.2 Å². The Kier molecular flexibility index (Phi) is 2.91. The molecule has 3 aromatic rings. The summed E-state index contributed by atoms with van der Waals surface area (Å²) in [7, 11) is 0. The van der Waals surface area contributed by atoms with E-state index in [1.165, 1.54) is 12.1 Å². The molecular weight excluding hydrogens is 301 g/mol. The van der Waals surface area contributed by atoms with Gasteiger partial charge in [0.15, 0.2) is 11.5 Å². The first-order valence-corrected chi connectivity index (χ1v) is 6.28. The summed E-state index contributed by atoms with van der Waals surface area (Å²) in [6.45, 7) is 0. The number of aromatic nitrogens is 1. The highest BCUT2D eigenvalue weighted by Crippen LogP contribution is 2.26. The summed E-state index contributed by atoms with van der Waals surface area (Å²) in [6, 6.07) is 6.47. The van der Waals surface area contributed by atoms with Gasteiger partial charge >= 0.3 is 0 Å². The van der Waals surface area contributed by atoms with Crippen LogP contribution in [0.3, 0.4) is 0 Å². The SMILES string of the molecule is Fc1cc(Br)c2oc(CCc3ccco3)nc2c1. The molecule has 0 N–H and O–H groups in total. The van der Waals surface area contributed by atoms with Gasteiger partial charge in [0.05, 0.1) is 10.7 Å². The molecule has 3 nitrogen and oxygen atoms in total. The molecule has 0 saturated heterocycles. The van der Waals surface area contributed by atoms with Gasteiger partial charge in [-0.3, -0.25) is 0 Å². The zero-order valence-electron chi connectivity index (χ0n) is 9.32. The summed E-state index contributed by atoms with van der Waals surface area (Å²) in [5.74, 6) is 1.12. The zero-order valence-corrected chi connectivity index (χ0v) is 10.9. The molecule has 0 spiro atoms. The Balaban J connectivity index is 1.87.